The summed E-state index contributed by atoms with van der Waals surface area (Å²) < 4.78 is 0. The topological polar surface area (TPSA) is 39.3 Å². The van der Waals surface area contributed by atoms with Crippen molar-refractivity contribution in [3.05, 3.63) is 36.0 Å². The largest absolute Gasteiger partial charge is 0.360 e. The summed E-state index contributed by atoms with van der Waals surface area (Å²) in [5, 5.41) is 1.04. The van der Waals surface area contributed by atoms with E-state index < -0.39 is 0 Å². The summed E-state index contributed by atoms with van der Waals surface area (Å²) in [6.45, 7) is 4.16. The van der Waals surface area contributed by atoms with Gasteiger partial charge in [-0.05, 0) is 18.9 Å². The standard InChI is InChI=1S/C16H19N3O.ClH/c20-16(14-11-17-15-4-2-1-3-13(14)15)19-10-9-18-7-5-12(19)6-8-18;/h1-4,11-12,17H,5-10H2;1H. The Hall–Kier alpha value is -1.52. The van der Waals surface area contributed by atoms with Gasteiger partial charge in [-0.2, -0.15) is 0 Å². The minimum atomic E-state index is 0. The van der Waals surface area contributed by atoms with Gasteiger partial charge in [-0.1, -0.05) is 18.2 Å². The van der Waals surface area contributed by atoms with Gasteiger partial charge in [0.2, 0.25) is 0 Å². The highest BCUT2D eigenvalue weighted by Crippen LogP contribution is 2.25. The highest BCUT2D eigenvalue weighted by molar-refractivity contribution is 6.06. The van der Waals surface area contributed by atoms with Crippen molar-refractivity contribution < 1.29 is 4.79 Å². The second kappa shape index (κ2) is 5.70. The molecule has 1 amide bonds. The number of hydrogen-bond donors (Lipinski definition) is 1. The maximum absolute atomic E-state index is 12.9. The fourth-order valence-corrected chi connectivity index (χ4v) is 3.56. The first-order valence-electron chi connectivity index (χ1n) is 7.42. The fraction of sp³-hybridized carbons (Fsp3) is 0.438. The molecule has 0 atom stereocenters. The number of rotatable bonds is 1. The van der Waals surface area contributed by atoms with Gasteiger partial charge in [0.25, 0.3) is 5.91 Å². The van der Waals surface area contributed by atoms with E-state index in [1.165, 1.54) is 0 Å². The third kappa shape index (κ3) is 2.43. The number of carbonyl (C=O) groups excluding carboxylic acids is 1. The summed E-state index contributed by atoms with van der Waals surface area (Å²) in [4.78, 5) is 20.7. The lowest BCUT2D eigenvalue weighted by molar-refractivity contribution is 0.0687. The Morgan fingerprint density at radius 3 is 2.67 bits per heavy atom. The quantitative estimate of drug-likeness (QED) is 0.879. The number of H-pyrrole nitrogens is 1. The van der Waals surface area contributed by atoms with Crippen LogP contribution < -0.4 is 0 Å². The van der Waals surface area contributed by atoms with E-state index in [4.69, 9.17) is 0 Å². The molecule has 0 spiro atoms. The number of nitrogens with zero attached hydrogens (tertiary/aromatic N) is 2. The molecule has 4 nitrogen and oxygen atoms in total. The van der Waals surface area contributed by atoms with E-state index in [1.807, 2.05) is 30.5 Å². The number of nitrogens with one attached hydrogen (secondary N) is 1. The molecule has 0 unspecified atom stereocenters. The van der Waals surface area contributed by atoms with Crippen molar-refractivity contribution in [2.24, 2.45) is 0 Å². The van der Waals surface area contributed by atoms with E-state index in [9.17, 15) is 4.79 Å². The van der Waals surface area contributed by atoms with Gasteiger partial charge >= 0.3 is 0 Å². The van der Waals surface area contributed by atoms with Crippen LogP contribution >= 0.6 is 12.4 Å². The van der Waals surface area contributed by atoms with Gasteiger partial charge in [-0.25, -0.2) is 0 Å². The molecule has 1 N–H and O–H groups in total. The number of hydrogen-bond acceptors (Lipinski definition) is 2. The monoisotopic (exact) mass is 305 g/mol. The van der Waals surface area contributed by atoms with Gasteiger partial charge in [0.1, 0.15) is 0 Å². The van der Waals surface area contributed by atoms with Crippen LogP contribution in [0.4, 0.5) is 0 Å². The van der Waals surface area contributed by atoms with Crippen LogP contribution in [0.25, 0.3) is 10.9 Å². The Morgan fingerprint density at radius 2 is 1.86 bits per heavy atom. The van der Waals surface area contributed by atoms with E-state index in [2.05, 4.69) is 14.8 Å². The lowest BCUT2D eigenvalue weighted by Crippen LogP contribution is -2.41. The first-order chi connectivity index (χ1) is 9.83. The minimum Gasteiger partial charge on any atom is -0.360 e. The van der Waals surface area contributed by atoms with Gasteiger partial charge in [-0.3, -0.25) is 4.79 Å². The van der Waals surface area contributed by atoms with Gasteiger partial charge in [0.15, 0.2) is 0 Å². The molecule has 3 aliphatic rings. The lowest BCUT2D eigenvalue weighted by Gasteiger charge is -2.31. The van der Waals surface area contributed by atoms with Crippen molar-refractivity contribution in [2.75, 3.05) is 26.2 Å². The number of fused-ring (bicyclic) bond motifs is 5. The molecule has 0 aliphatic carbocycles. The van der Waals surface area contributed by atoms with Crippen LogP contribution in [-0.4, -0.2) is 52.9 Å². The molecular formula is C16H20ClN3O. The Kier molecular flexibility index (Phi) is 3.91. The predicted molar refractivity (Wildman–Crippen MR) is 86.0 cm³/mol. The number of carbonyl (C=O) groups is 1. The van der Waals surface area contributed by atoms with Crippen molar-refractivity contribution in [2.45, 2.75) is 18.9 Å². The highest BCUT2D eigenvalue weighted by atomic mass is 35.5. The number of aromatic nitrogens is 1. The molecule has 3 aliphatic heterocycles. The fourth-order valence-electron chi connectivity index (χ4n) is 3.56. The van der Waals surface area contributed by atoms with Crippen molar-refractivity contribution in [3.63, 3.8) is 0 Å². The molecule has 3 fully saturated rings. The minimum absolute atomic E-state index is 0. The van der Waals surface area contributed by atoms with Crippen LogP contribution in [0, 0.1) is 0 Å². The van der Waals surface area contributed by atoms with Crippen LogP contribution in [0.1, 0.15) is 23.2 Å². The molecule has 21 heavy (non-hydrogen) atoms. The molecule has 5 heteroatoms. The zero-order chi connectivity index (χ0) is 13.5. The Bertz CT molecular complexity index is 646. The van der Waals surface area contributed by atoms with Gasteiger partial charge < -0.3 is 14.8 Å². The zero-order valence-electron chi connectivity index (χ0n) is 11.9. The molecule has 0 saturated carbocycles. The first kappa shape index (κ1) is 14.4. The first-order valence-corrected chi connectivity index (χ1v) is 7.42. The smallest absolute Gasteiger partial charge is 0.256 e. The Labute approximate surface area is 130 Å². The van der Waals surface area contributed by atoms with E-state index in [0.29, 0.717) is 6.04 Å². The molecule has 5 rings (SSSR count). The van der Waals surface area contributed by atoms with Crippen molar-refractivity contribution in [3.8, 4) is 0 Å². The van der Waals surface area contributed by atoms with Crippen molar-refractivity contribution >= 4 is 29.2 Å². The van der Waals surface area contributed by atoms with Crippen LogP contribution in [0.15, 0.2) is 30.5 Å². The molecule has 112 valence electrons. The van der Waals surface area contributed by atoms with E-state index in [-0.39, 0.29) is 18.3 Å². The summed E-state index contributed by atoms with van der Waals surface area (Å²) in [5.41, 5.74) is 1.86. The SMILES string of the molecule is Cl.O=C(c1c[nH]c2ccccc12)N1CCN2CCC1CC2. The third-order valence-electron chi connectivity index (χ3n) is 4.74. The predicted octanol–water partition coefficient (Wildman–Crippen LogP) is 2.51. The second-order valence-electron chi connectivity index (χ2n) is 5.82. The van der Waals surface area contributed by atoms with Gasteiger partial charge in [-0.15, -0.1) is 12.4 Å². The Balaban J connectivity index is 0.00000132. The van der Waals surface area contributed by atoms with Gasteiger partial charge in [0.05, 0.1) is 5.56 Å². The number of piperidine rings is 1. The molecule has 3 saturated heterocycles. The average Bonchev–Trinajstić information content (AvgIpc) is 2.69. The van der Waals surface area contributed by atoms with Crippen LogP contribution in [0.2, 0.25) is 0 Å². The van der Waals surface area contributed by atoms with Crippen LogP contribution in [0.3, 0.4) is 0 Å². The summed E-state index contributed by atoms with van der Waals surface area (Å²) in [6.07, 6.45) is 4.10. The normalized spacial score (nSPS) is 24.7. The lowest BCUT2D eigenvalue weighted by atomic mass is 10.0. The number of benzene rings is 1. The highest BCUT2D eigenvalue weighted by Gasteiger charge is 2.32. The summed E-state index contributed by atoms with van der Waals surface area (Å²) >= 11 is 0. The van der Waals surface area contributed by atoms with E-state index in [1.54, 1.807) is 0 Å². The average molecular weight is 306 g/mol. The molecule has 1 aromatic carbocycles. The third-order valence-corrected chi connectivity index (χ3v) is 4.74. The van der Waals surface area contributed by atoms with Crippen LogP contribution in [0.5, 0.6) is 0 Å². The maximum atomic E-state index is 12.9. The number of para-hydroxylation sites is 1. The van der Waals surface area contributed by atoms with Crippen LogP contribution in [-0.2, 0) is 0 Å². The van der Waals surface area contributed by atoms with Crippen molar-refractivity contribution in [1.82, 2.24) is 14.8 Å². The number of amides is 1. The number of halogens is 1. The van der Waals surface area contributed by atoms with Gasteiger partial charge in [0, 0.05) is 49.3 Å². The number of aromatic amines is 1. The maximum Gasteiger partial charge on any atom is 0.256 e. The second-order valence-corrected chi connectivity index (χ2v) is 5.82. The molecule has 4 heterocycles. The van der Waals surface area contributed by atoms with E-state index in [0.717, 1.165) is 55.5 Å². The molecule has 0 radical (unpaired) electrons. The summed E-state index contributed by atoms with van der Waals surface area (Å²) in [7, 11) is 0. The zero-order valence-corrected chi connectivity index (χ0v) is 12.7. The Morgan fingerprint density at radius 1 is 1.10 bits per heavy atom. The molecule has 1 aromatic heterocycles. The summed E-state index contributed by atoms with van der Waals surface area (Å²) in [5.74, 6) is 0.191. The molecule has 2 aromatic rings. The molecular weight excluding hydrogens is 286 g/mol. The molecule has 2 bridgehead atoms. The summed E-state index contributed by atoms with van der Waals surface area (Å²) in [6, 6.07) is 8.46. The van der Waals surface area contributed by atoms with Crippen molar-refractivity contribution in [1.29, 1.82) is 0 Å². The van der Waals surface area contributed by atoms with E-state index >= 15 is 0 Å².